The molecule has 4 N–H and O–H groups in total. The summed E-state index contributed by atoms with van der Waals surface area (Å²) in [5.74, 6) is 0. The molecule has 0 aliphatic carbocycles. The van der Waals surface area contributed by atoms with Gasteiger partial charge in [-0.1, -0.05) is 11.1 Å². The molecule has 4 unspecified atom stereocenters. The number of aliphatic hydroxyl groups excluding tert-OH is 4. The summed E-state index contributed by atoms with van der Waals surface area (Å²) >= 11 is 0. The fourth-order valence-corrected chi connectivity index (χ4v) is 2.25. The van der Waals surface area contributed by atoms with E-state index in [1.54, 1.807) is 27.7 Å². The average molecular weight is 274 g/mol. The molecule has 0 spiro atoms. The van der Waals surface area contributed by atoms with Crippen molar-refractivity contribution in [3.63, 3.8) is 0 Å². The zero-order valence-corrected chi connectivity index (χ0v) is 12.6. The average Bonchev–Trinajstić information content (AvgIpc) is 2.21. The van der Waals surface area contributed by atoms with Gasteiger partial charge < -0.3 is 20.4 Å². The summed E-state index contributed by atoms with van der Waals surface area (Å²) in [4.78, 5) is 0. The molecule has 4 nitrogen and oxygen atoms in total. The number of aliphatic hydroxyl groups is 4. The third kappa shape index (κ3) is 10.1. The first-order chi connectivity index (χ1) is 8.72. The SMILES string of the molecule is CC(O)CCC(CC(C)O)=C(CC(C)O)CC(C)O. The van der Waals surface area contributed by atoms with Crippen LogP contribution in [0, 0.1) is 0 Å². The van der Waals surface area contributed by atoms with Gasteiger partial charge in [0.1, 0.15) is 0 Å². The van der Waals surface area contributed by atoms with Crippen molar-refractivity contribution in [2.24, 2.45) is 0 Å². The quantitative estimate of drug-likeness (QED) is 0.483. The van der Waals surface area contributed by atoms with Crippen LogP contribution < -0.4 is 0 Å². The molecule has 0 saturated carbocycles. The van der Waals surface area contributed by atoms with Gasteiger partial charge >= 0.3 is 0 Å². The summed E-state index contributed by atoms with van der Waals surface area (Å²) in [6.07, 6.45) is 1.09. The second-order valence-corrected chi connectivity index (χ2v) is 5.75. The van der Waals surface area contributed by atoms with Gasteiger partial charge in [0, 0.05) is 0 Å². The molecule has 0 fully saturated rings. The topological polar surface area (TPSA) is 80.9 Å². The predicted molar refractivity (Wildman–Crippen MR) is 76.8 cm³/mol. The Morgan fingerprint density at radius 1 is 0.632 bits per heavy atom. The lowest BCUT2D eigenvalue weighted by Crippen LogP contribution is -2.13. The van der Waals surface area contributed by atoms with Crippen LogP contribution in [-0.4, -0.2) is 44.8 Å². The van der Waals surface area contributed by atoms with Crippen molar-refractivity contribution in [1.29, 1.82) is 0 Å². The fraction of sp³-hybridized carbons (Fsp3) is 0.867. The summed E-state index contributed by atoms with van der Waals surface area (Å²) in [5.41, 5.74) is 2.06. The van der Waals surface area contributed by atoms with Gasteiger partial charge in [-0.2, -0.15) is 0 Å². The molecule has 0 aromatic heterocycles. The molecule has 0 saturated heterocycles. The first kappa shape index (κ1) is 18.6. The smallest absolute Gasteiger partial charge is 0.0549 e. The predicted octanol–water partition coefficient (Wildman–Crippen LogP) is 1.76. The molecule has 0 aliphatic heterocycles. The molecule has 4 atom stereocenters. The molecular weight excluding hydrogens is 244 g/mol. The van der Waals surface area contributed by atoms with Gasteiger partial charge in [-0.15, -0.1) is 0 Å². The summed E-state index contributed by atoms with van der Waals surface area (Å²) < 4.78 is 0. The third-order valence-electron chi connectivity index (χ3n) is 2.99. The van der Waals surface area contributed by atoms with E-state index in [-0.39, 0.29) is 6.10 Å². The molecule has 0 amide bonds. The molecule has 0 aromatic carbocycles. The van der Waals surface area contributed by atoms with Crippen molar-refractivity contribution in [2.75, 3.05) is 0 Å². The molecule has 19 heavy (non-hydrogen) atoms. The number of hydrogen-bond donors (Lipinski definition) is 4. The Balaban J connectivity index is 5.03. The van der Waals surface area contributed by atoms with E-state index in [4.69, 9.17) is 0 Å². The van der Waals surface area contributed by atoms with Crippen LogP contribution in [0.3, 0.4) is 0 Å². The summed E-state index contributed by atoms with van der Waals surface area (Å²) in [6.45, 7) is 6.90. The van der Waals surface area contributed by atoms with E-state index in [1.807, 2.05) is 0 Å². The van der Waals surface area contributed by atoms with Crippen LogP contribution in [0.15, 0.2) is 11.1 Å². The van der Waals surface area contributed by atoms with Gasteiger partial charge in [0.05, 0.1) is 24.4 Å². The number of hydrogen-bond acceptors (Lipinski definition) is 4. The summed E-state index contributed by atoms with van der Waals surface area (Å²) in [6, 6.07) is 0. The standard InChI is InChI=1S/C15H30O4/c1-10(16)5-6-14(7-11(2)17)15(8-12(3)18)9-13(4)19/h10-13,16-19H,5-9H2,1-4H3. The Kier molecular flexibility index (Phi) is 9.27. The van der Waals surface area contributed by atoms with E-state index in [1.165, 1.54) is 0 Å². The second-order valence-electron chi connectivity index (χ2n) is 5.75. The van der Waals surface area contributed by atoms with Gasteiger partial charge in [-0.25, -0.2) is 0 Å². The van der Waals surface area contributed by atoms with Gasteiger partial charge in [0.2, 0.25) is 0 Å². The lowest BCUT2D eigenvalue weighted by Gasteiger charge is -2.20. The van der Waals surface area contributed by atoms with Crippen molar-refractivity contribution in [3.05, 3.63) is 11.1 Å². The first-order valence-corrected chi connectivity index (χ1v) is 7.14. The molecule has 0 rings (SSSR count). The van der Waals surface area contributed by atoms with Crippen molar-refractivity contribution in [1.82, 2.24) is 0 Å². The Labute approximate surface area is 116 Å². The Morgan fingerprint density at radius 3 is 1.32 bits per heavy atom. The van der Waals surface area contributed by atoms with Crippen LogP contribution >= 0.6 is 0 Å². The van der Waals surface area contributed by atoms with E-state index in [9.17, 15) is 20.4 Å². The molecule has 4 heteroatoms. The van der Waals surface area contributed by atoms with Gasteiger partial charge in [-0.05, 0) is 59.8 Å². The van der Waals surface area contributed by atoms with Gasteiger partial charge in [-0.3, -0.25) is 0 Å². The largest absolute Gasteiger partial charge is 0.393 e. The van der Waals surface area contributed by atoms with Crippen molar-refractivity contribution in [3.8, 4) is 0 Å². The van der Waals surface area contributed by atoms with Crippen molar-refractivity contribution >= 4 is 0 Å². The zero-order chi connectivity index (χ0) is 15.0. The highest BCUT2D eigenvalue weighted by Crippen LogP contribution is 2.25. The van der Waals surface area contributed by atoms with E-state index >= 15 is 0 Å². The fourth-order valence-electron chi connectivity index (χ4n) is 2.25. The van der Waals surface area contributed by atoms with E-state index in [2.05, 4.69) is 0 Å². The highest BCUT2D eigenvalue weighted by atomic mass is 16.3. The second kappa shape index (κ2) is 9.48. The van der Waals surface area contributed by atoms with E-state index < -0.39 is 18.3 Å². The minimum atomic E-state index is -0.468. The maximum atomic E-state index is 9.58. The van der Waals surface area contributed by atoms with Crippen LogP contribution in [0.5, 0.6) is 0 Å². The Bertz CT molecular complexity index is 255. The molecule has 0 radical (unpaired) electrons. The lowest BCUT2D eigenvalue weighted by atomic mass is 9.90. The summed E-state index contributed by atoms with van der Waals surface area (Å²) in [7, 11) is 0. The van der Waals surface area contributed by atoms with Crippen LogP contribution in [0.4, 0.5) is 0 Å². The van der Waals surface area contributed by atoms with E-state index in [0.29, 0.717) is 32.1 Å². The highest BCUT2D eigenvalue weighted by molar-refractivity contribution is 5.17. The third-order valence-corrected chi connectivity index (χ3v) is 2.99. The molecule has 0 bridgehead atoms. The van der Waals surface area contributed by atoms with Crippen molar-refractivity contribution < 1.29 is 20.4 Å². The molecule has 0 aliphatic rings. The monoisotopic (exact) mass is 274 g/mol. The van der Waals surface area contributed by atoms with Crippen LogP contribution in [0.1, 0.15) is 59.8 Å². The lowest BCUT2D eigenvalue weighted by molar-refractivity contribution is 0.167. The molecule has 114 valence electrons. The maximum absolute atomic E-state index is 9.58. The van der Waals surface area contributed by atoms with Crippen molar-refractivity contribution in [2.45, 2.75) is 84.2 Å². The van der Waals surface area contributed by atoms with Crippen LogP contribution in [0.2, 0.25) is 0 Å². The minimum Gasteiger partial charge on any atom is -0.393 e. The van der Waals surface area contributed by atoms with Gasteiger partial charge in [0.15, 0.2) is 0 Å². The molecule has 0 heterocycles. The normalized spacial score (nSPS) is 17.7. The Hall–Kier alpha value is -0.420. The molecule has 0 aromatic rings. The maximum Gasteiger partial charge on any atom is 0.0549 e. The highest BCUT2D eigenvalue weighted by Gasteiger charge is 2.14. The van der Waals surface area contributed by atoms with Crippen LogP contribution in [0.25, 0.3) is 0 Å². The first-order valence-electron chi connectivity index (χ1n) is 7.14. The summed E-state index contributed by atoms with van der Waals surface area (Å²) in [5, 5.41) is 38.1. The van der Waals surface area contributed by atoms with E-state index in [0.717, 1.165) is 11.1 Å². The van der Waals surface area contributed by atoms with Crippen LogP contribution in [-0.2, 0) is 0 Å². The molecular formula is C15H30O4. The number of rotatable bonds is 9. The minimum absolute atomic E-state index is 0.386. The van der Waals surface area contributed by atoms with Gasteiger partial charge in [0.25, 0.3) is 0 Å². The zero-order valence-electron chi connectivity index (χ0n) is 12.6. The Morgan fingerprint density at radius 2 is 1.00 bits per heavy atom.